The van der Waals surface area contributed by atoms with Gasteiger partial charge in [0.15, 0.2) is 5.82 Å². The fourth-order valence-corrected chi connectivity index (χ4v) is 3.98. The lowest BCUT2D eigenvalue weighted by atomic mass is 9.98. The van der Waals surface area contributed by atoms with Crippen LogP contribution in [0.2, 0.25) is 0 Å². The van der Waals surface area contributed by atoms with Crippen molar-refractivity contribution in [3.63, 3.8) is 0 Å². The number of aromatic nitrogens is 7. The van der Waals surface area contributed by atoms with E-state index >= 15 is 0 Å². The first-order valence-electron chi connectivity index (χ1n) is 11.8. The summed E-state index contributed by atoms with van der Waals surface area (Å²) in [5.74, 6) is 1.01. The van der Waals surface area contributed by atoms with E-state index in [1.807, 2.05) is 55.5 Å². The highest BCUT2D eigenvalue weighted by molar-refractivity contribution is 5.80. The van der Waals surface area contributed by atoms with Gasteiger partial charge in [-0.3, -0.25) is 9.36 Å². The summed E-state index contributed by atoms with van der Waals surface area (Å²) in [6.45, 7) is 4.42. The van der Waals surface area contributed by atoms with Crippen LogP contribution >= 0.6 is 0 Å². The average Bonchev–Trinajstić information content (AvgIpc) is 3.49. The molecule has 0 saturated carbocycles. The molecule has 9 heteroatoms. The number of benzene rings is 2. The summed E-state index contributed by atoms with van der Waals surface area (Å²) in [5, 5.41) is 18.6. The minimum Gasteiger partial charge on any atom is -0.274 e. The maximum Gasteiger partial charge on any atom is 0.353 e. The highest BCUT2D eigenvalue weighted by Crippen LogP contribution is 2.29. The monoisotopic (exact) mass is 459 g/mol. The van der Waals surface area contributed by atoms with Gasteiger partial charge in [-0.05, 0) is 40.0 Å². The van der Waals surface area contributed by atoms with E-state index < -0.39 is 0 Å². The van der Waals surface area contributed by atoms with Gasteiger partial charge in [0.25, 0.3) is 5.91 Å². The van der Waals surface area contributed by atoms with E-state index in [2.05, 4.69) is 32.6 Å². The second-order valence-electron chi connectivity index (χ2n) is 8.29. The molecule has 2 aromatic heterocycles. The van der Waals surface area contributed by atoms with Crippen molar-refractivity contribution in [1.82, 2.24) is 35.0 Å². The number of tetrazole rings is 1. The molecule has 0 atom stereocenters. The van der Waals surface area contributed by atoms with Crippen molar-refractivity contribution >= 4 is 5.91 Å². The van der Waals surface area contributed by atoms with E-state index in [1.165, 1.54) is 0 Å². The molecule has 0 radical (unpaired) electrons. The minimum absolute atomic E-state index is 0.253. The van der Waals surface area contributed by atoms with Gasteiger partial charge in [-0.15, -0.1) is 14.9 Å². The summed E-state index contributed by atoms with van der Waals surface area (Å²) in [6.07, 6.45) is 4.72. The first-order valence-corrected chi connectivity index (χ1v) is 11.8. The van der Waals surface area contributed by atoms with Gasteiger partial charge in [-0.2, -0.15) is 0 Å². The second-order valence-corrected chi connectivity index (χ2v) is 8.29. The Morgan fingerprint density at radius 1 is 0.971 bits per heavy atom. The Hall–Kier alpha value is -3.88. The molecule has 0 amide bonds. The summed E-state index contributed by atoms with van der Waals surface area (Å²) in [7, 11) is 0. The van der Waals surface area contributed by atoms with Crippen LogP contribution in [0.25, 0.3) is 22.5 Å². The quantitative estimate of drug-likeness (QED) is 0.357. The van der Waals surface area contributed by atoms with Crippen LogP contribution in [-0.4, -0.2) is 40.9 Å². The molecule has 1 N–H and O–H groups in total. The summed E-state index contributed by atoms with van der Waals surface area (Å²) in [5.41, 5.74) is 3.52. The fourth-order valence-electron chi connectivity index (χ4n) is 3.98. The molecule has 9 nitrogen and oxygen atoms in total. The Bertz CT molecular complexity index is 1290. The summed E-state index contributed by atoms with van der Waals surface area (Å²) in [6, 6.07) is 15.9. The summed E-state index contributed by atoms with van der Waals surface area (Å²) >= 11 is 0. The maximum absolute atomic E-state index is 13.0. The first-order chi connectivity index (χ1) is 16.6. The molecule has 34 heavy (non-hydrogen) atoms. The third-order valence-corrected chi connectivity index (χ3v) is 5.78. The van der Waals surface area contributed by atoms with Gasteiger partial charge >= 0.3 is 5.69 Å². The number of H-pyrrole nitrogens is 1. The molecule has 4 rings (SSSR count). The van der Waals surface area contributed by atoms with E-state index in [9.17, 15) is 9.59 Å². The highest BCUT2D eigenvalue weighted by Gasteiger charge is 2.18. The molecule has 0 aliphatic rings. The van der Waals surface area contributed by atoms with Gasteiger partial charge in [0.2, 0.25) is 0 Å². The van der Waals surface area contributed by atoms with Gasteiger partial charge in [-0.25, -0.2) is 9.89 Å². The van der Waals surface area contributed by atoms with Gasteiger partial charge in [0.1, 0.15) is 5.82 Å². The van der Waals surface area contributed by atoms with E-state index in [1.54, 1.807) is 4.57 Å². The number of carbonyl (C=O) groups excluding carboxylic acids is 1. The zero-order chi connectivity index (χ0) is 23.9. The molecule has 176 valence electrons. The van der Waals surface area contributed by atoms with Crippen molar-refractivity contribution in [1.29, 1.82) is 0 Å². The van der Waals surface area contributed by atoms with Crippen LogP contribution in [0.3, 0.4) is 0 Å². The maximum atomic E-state index is 13.0. The molecule has 2 aromatic carbocycles. The molecule has 0 fully saturated rings. The number of hydrogen-bond acceptors (Lipinski definition) is 6. The molecule has 4 aromatic rings. The Morgan fingerprint density at radius 3 is 2.41 bits per heavy atom. The molecule has 0 spiro atoms. The summed E-state index contributed by atoms with van der Waals surface area (Å²) < 4.78 is 2.67. The number of nitrogens with one attached hydrogen (secondary N) is 1. The van der Waals surface area contributed by atoms with Gasteiger partial charge in [0, 0.05) is 18.4 Å². The van der Waals surface area contributed by atoms with Crippen LogP contribution < -0.4 is 5.69 Å². The molecule has 0 aliphatic heterocycles. The van der Waals surface area contributed by atoms with Crippen molar-refractivity contribution in [2.24, 2.45) is 0 Å². The number of carbonyl (C=O) groups is 1. The predicted octanol–water partition coefficient (Wildman–Crippen LogP) is 4.11. The topological polar surface area (TPSA) is 111 Å². The number of nitrogens with zero attached hydrogens (tertiary/aromatic N) is 6. The molecular formula is C25H29N7O2. The largest absolute Gasteiger partial charge is 0.353 e. The molecule has 0 unspecified atom stereocenters. The number of rotatable bonds is 10. The lowest BCUT2D eigenvalue weighted by Crippen LogP contribution is -2.30. The van der Waals surface area contributed by atoms with Crippen LogP contribution in [-0.2, 0) is 13.0 Å². The molecule has 0 aliphatic carbocycles. The van der Waals surface area contributed by atoms with Gasteiger partial charge < -0.3 is 0 Å². The number of aromatic amines is 1. The van der Waals surface area contributed by atoms with Crippen LogP contribution in [0.1, 0.15) is 62.1 Å². The summed E-state index contributed by atoms with van der Waals surface area (Å²) in [4.78, 5) is 25.4. The number of hydrogen-bond donors (Lipinski definition) is 1. The van der Waals surface area contributed by atoms with E-state index in [0.717, 1.165) is 46.2 Å². The Morgan fingerprint density at radius 2 is 1.74 bits per heavy atom. The lowest BCUT2D eigenvalue weighted by Gasteiger charge is -2.09. The molecule has 0 bridgehead atoms. The normalized spacial score (nSPS) is 11.1. The third kappa shape index (κ3) is 5.03. The highest BCUT2D eigenvalue weighted by atomic mass is 16.2. The van der Waals surface area contributed by atoms with Crippen LogP contribution in [0.5, 0.6) is 0 Å². The van der Waals surface area contributed by atoms with Crippen LogP contribution in [0.4, 0.5) is 0 Å². The van der Waals surface area contributed by atoms with Crippen molar-refractivity contribution in [3.8, 4) is 22.5 Å². The Labute approximate surface area is 197 Å². The van der Waals surface area contributed by atoms with E-state index in [-0.39, 0.29) is 11.6 Å². The van der Waals surface area contributed by atoms with Crippen molar-refractivity contribution in [2.45, 2.75) is 58.9 Å². The lowest BCUT2D eigenvalue weighted by molar-refractivity contribution is 0.0880. The van der Waals surface area contributed by atoms with Crippen LogP contribution in [0, 0.1) is 0 Å². The average molecular weight is 460 g/mol. The smallest absolute Gasteiger partial charge is 0.274 e. The first kappa shape index (κ1) is 23.3. The molecule has 0 saturated heterocycles. The zero-order valence-corrected chi connectivity index (χ0v) is 19.6. The van der Waals surface area contributed by atoms with Crippen molar-refractivity contribution < 1.29 is 4.79 Å². The predicted molar refractivity (Wildman–Crippen MR) is 129 cm³/mol. The van der Waals surface area contributed by atoms with Crippen molar-refractivity contribution in [2.75, 3.05) is 0 Å². The third-order valence-electron chi connectivity index (χ3n) is 5.78. The molecular weight excluding hydrogens is 430 g/mol. The fraction of sp³-hybridized carbons (Fsp3) is 0.360. The minimum atomic E-state index is -0.364. The second kappa shape index (κ2) is 10.8. The Balaban J connectivity index is 1.62. The van der Waals surface area contributed by atoms with Crippen molar-refractivity contribution in [3.05, 3.63) is 70.4 Å². The Kier molecular flexibility index (Phi) is 7.41. The van der Waals surface area contributed by atoms with Gasteiger partial charge in [0.05, 0.1) is 6.54 Å². The number of unbranched alkanes of at least 4 members (excludes halogenated alkanes) is 2. The van der Waals surface area contributed by atoms with Crippen LogP contribution in [0.15, 0.2) is 53.3 Å². The SMILES string of the molecule is CCCCCc1nn(C(=O)CCC)c(=O)n1Cc1ccc(-c2ccccc2-c2nnn[nH]2)cc1. The van der Waals surface area contributed by atoms with E-state index in [0.29, 0.717) is 37.5 Å². The standard InChI is InChI=1S/C25H29N7O2/c1-3-5-6-12-22-28-32(23(33)9-4-2)25(34)31(22)17-18-13-15-19(16-14-18)20-10-7-8-11-21(20)24-26-29-30-27-24/h7-8,10-11,13-16H,3-6,9,12,17H2,1-2H3,(H,26,27,29,30). The number of aryl methyl sites for hydroxylation is 1. The van der Waals surface area contributed by atoms with Gasteiger partial charge in [-0.1, -0.05) is 75.2 Å². The van der Waals surface area contributed by atoms with E-state index in [4.69, 9.17) is 0 Å². The molecule has 2 heterocycles. The zero-order valence-electron chi connectivity index (χ0n) is 19.6.